The summed E-state index contributed by atoms with van der Waals surface area (Å²) in [5, 5.41) is 0. The monoisotopic (exact) mass is 292 g/mol. The topological polar surface area (TPSA) is 39.2 Å². The van der Waals surface area contributed by atoms with E-state index in [-0.39, 0.29) is 0 Å². The van der Waals surface area contributed by atoms with Gasteiger partial charge in [0.25, 0.3) is 0 Å². The van der Waals surface area contributed by atoms with Crippen molar-refractivity contribution >= 4 is 23.3 Å². The van der Waals surface area contributed by atoms with Crippen molar-refractivity contribution in [2.24, 2.45) is 5.92 Å². The number of methoxy groups -OCH3 is 1. The summed E-state index contributed by atoms with van der Waals surface area (Å²) >= 11 is 5.47. The van der Waals surface area contributed by atoms with Crippen molar-refractivity contribution < 1.29 is 9.47 Å². The molecule has 3 rings (SSSR count). The Kier molecular flexibility index (Phi) is 3.81. The number of hydrogen-bond acceptors (Lipinski definition) is 3. The highest BCUT2D eigenvalue weighted by Crippen LogP contribution is 2.28. The van der Waals surface area contributed by atoms with Crippen LogP contribution in [-0.2, 0) is 11.3 Å². The Morgan fingerprint density at radius 2 is 2.35 bits per heavy atom. The molecule has 5 heteroatoms. The molecule has 2 heterocycles. The lowest BCUT2D eigenvalue weighted by Crippen LogP contribution is -2.20. The third kappa shape index (κ3) is 2.36. The summed E-state index contributed by atoms with van der Waals surface area (Å²) in [7, 11) is 1.69. The molecule has 0 bridgehead atoms. The highest BCUT2D eigenvalue weighted by molar-refractivity contribution is 7.71. The van der Waals surface area contributed by atoms with E-state index in [1.807, 2.05) is 18.2 Å². The number of ether oxygens (including phenoxy) is 2. The second-order valence-corrected chi connectivity index (χ2v) is 5.68. The number of aromatic amines is 1. The first-order valence-corrected chi connectivity index (χ1v) is 7.52. The van der Waals surface area contributed by atoms with E-state index in [0.717, 1.165) is 47.5 Å². The van der Waals surface area contributed by atoms with Crippen molar-refractivity contribution in [3.8, 4) is 5.75 Å². The van der Waals surface area contributed by atoms with Gasteiger partial charge in [0, 0.05) is 25.1 Å². The number of nitrogens with zero attached hydrogens (tertiary/aromatic N) is 1. The fourth-order valence-corrected chi connectivity index (χ4v) is 3.31. The number of nitrogens with one attached hydrogen (secondary N) is 1. The zero-order valence-corrected chi connectivity index (χ0v) is 12.7. The molecule has 0 radical (unpaired) electrons. The second-order valence-electron chi connectivity index (χ2n) is 5.29. The molecule has 2 unspecified atom stereocenters. The first-order chi connectivity index (χ1) is 9.72. The fraction of sp³-hybridized carbons (Fsp3) is 0.533. The largest absolute Gasteiger partial charge is 0.497 e. The van der Waals surface area contributed by atoms with Crippen molar-refractivity contribution in [3.63, 3.8) is 0 Å². The van der Waals surface area contributed by atoms with Crippen LogP contribution >= 0.6 is 12.2 Å². The van der Waals surface area contributed by atoms with Crippen LogP contribution in [0.15, 0.2) is 18.2 Å². The van der Waals surface area contributed by atoms with E-state index >= 15 is 0 Å². The quantitative estimate of drug-likeness (QED) is 0.876. The van der Waals surface area contributed by atoms with Gasteiger partial charge in [-0.05, 0) is 37.2 Å². The molecule has 4 nitrogen and oxygen atoms in total. The highest BCUT2D eigenvalue weighted by Gasteiger charge is 2.27. The molecule has 20 heavy (non-hydrogen) atoms. The van der Waals surface area contributed by atoms with Gasteiger partial charge < -0.3 is 19.0 Å². The van der Waals surface area contributed by atoms with Crippen LogP contribution in [0.4, 0.5) is 0 Å². The summed E-state index contributed by atoms with van der Waals surface area (Å²) < 4.78 is 14.0. The maximum absolute atomic E-state index is 5.78. The van der Waals surface area contributed by atoms with Gasteiger partial charge in [-0.3, -0.25) is 0 Å². The van der Waals surface area contributed by atoms with E-state index < -0.39 is 0 Å². The van der Waals surface area contributed by atoms with Crippen molar-refractivity contribution in [1.82, 2.24) is 9.55 Å². The lowest BCUT2D eigenvalue weighted by atomic mass is 9.99. The van der Waals surface area contributed by atoms with Crippen molar-refractivity contribution in [1.29, 1.82) is 0 Å². The van der Waals surface area contributed by atoms with Crippen molar-refractivity contribution in [3.05, 3.63) is 23.0 Å². The first-order valence-electron chi connectivity index (χ1n) is 7.11. The zero-order chi connectivity index (χ0) is 14.1. The van der Waals surface area contributed by atoms with Crippen molar-refractivity contribution in [2.75, 3.05) is 13.7 Å². The molecule has 1 aliphatic rings. The van der Waals surface area contributed by atoms with Crippen LogP contribution in [0, 0.1) is 10.7 Å². The van der Waals surface area contributed by atoms with Crippen LogP contribution in [0.1, 0.15) is 19.8 Å². The average molecular weight is 292 g/mol. The summed E-state index contributed by atoms with van der Waals surface area (Å²) in [5.41, 5.74) is 2.17. The van der Waals surface area contributed by atoms with Crippen LogP contribution in [0.2, 0.25) is 0 Å². The molecule has 1 N–H and O–H groups in total. The minimum absolute atomic E-state index is 0.354. The first kappa shape index (κ1) is 13.6. The standard InChI is InChI=1S/C15H20N2O2S/c1-3-14-10(6-7-19-14)9-17-13-8-11(18-2)4-5-12(13)16-15(17)20/h4-5,8,10,14H,3,6-7,9H2,1-2H3,(H,16,20). The lowest BCUT2D eigenvalue weighted by Gasteiger charge is -2.17. The van der Waals surface area contributed by atoms with Gasteiger partial charge in [-0.25, -0.2) is 0 Å². The molecule has 108 valence electrons. The second kappa shape index (κ2) is 5.58. The zero-order valence-electron chi connectivity index (χ0n) is 11.9. The molecule has 1 aromatic carbocycles. The van der Waals surface area contributed by atoms with E-state index in [4.69, 9.17) is 21.7 Å². The molecule has 1 aromatic heterocycles. The fourth-order valence-electron chi connectivity index (χ4n) is 3.03. The third-order valence-corrected chi connectivity index (χ3v) is 4.47. The molecular formula is C15H20N2O2S. The SMILES string of the molecule is CCC1OCCC1Cn1c(=S)[nH]c2ccc(OC)cc21. The maximum atomic E-state index is 5.78. The minimum atomic E-state index is 0.354. The predicted molar refractivity (Wildman–Crippen MR) is 81.8 cm³/mol. The van der Waals surface area contributed by atoms with E-state index in [2.05, 4.69) is 16.5 Å². The van der Waals surface area contributed by atoms with Gasteiger partial charge in [-0.15, -0.1) is 0 Å². The van der Waals surface area contributed by atoms with Crippen molar-refractivity contribution in [2.45, 2.75) is 32.4 Å². The summed E-state index contributed by atoms with van der Waals surface area (Å²) in [6, 6.07) is 6.01. The van der Waals surface area contributed by atoms with Gasteiger partial charge in [0.1, 0.15) is 5.75 Å². The third-order valence-electron chi connectivity index (χ3n) is 4.15. The Labute approximate surface area is 123 Å². The van der Waals surface area contributed by atoms with Gasteiger partial charge in [-0.2, -0.15) is 0 Å². The number of imidazole rings is 1. The van der Waals surface area contributed by atoms with Gasteiger partial charge in [0.2, 0.25) is 0 Å². The molecule has 2 atom stereocenters. The Bertz CT molecular complexity index is 661. The predicted octanol–water partition coefficient (Wildman–Crippen LogP) is 3.52. The molecule has 0 spiro atoms. The molecule has 0 saturated carbocycles. The molecule has 1 fully saturated rings. The minimum Gasteiger partial charge on any atom is -0.497 e. The summed E-state index contributed by atoms with van der Waals surface area (Å²) in [4.78, 5) is 3.27. The van der Waals surface area contributed by atoms with Gasteiger partial charge in [-0.1, -0.05) is 6.92 Å². The highest BCUT2D eigenvalue weighted by atomic mass is 32.1. The van der Waals surface area contributed by atoms with Gasteiger partial charge in [0.05, 0.1) is 24.2 Å². The molecule has 1 saturated heterocycles. The number of rotatable bonds is 4. The summed E-state index contributed by atoms with van der Waals surface area (Å²) in [6.45, 7) is 3.95. The molecule has 1 aliphatic heterocycles. The Morgan fingerprint density at radius 3 is 3.10 bits per heavy atom. The van der Waals surface area contributed by atoms with Crippen LogP contribution in [0.5, 0.6) is 5.75 Å². The summed E-state index contributed by atoms with van der Waals surface area (Å²) in [6.07, 6.45) is 2.52. The lowest BCUT2D eigenvalue weighted by molar-refractivity contribution is 0.0837. The number of H-pyrrole nitrogens is 1. The van der Waals surface area contributed by atoms with E-state index in [0.29, 0.717) is 12.0 Å². The van der Waals surface area contributed by atoms with Gasteiger partial charge in [0.15, 0.2) is 4.77 Å². The van der Waals surface area contributed by atoms with Crippen LogP contribution < -0.4 is 4.74 Å². The molecular weight excluding hydrogens is 272 g/mol. The smallest absolute Gasteiger partial charge is 0.178 e. The average Bonchev–Trinajstić information content (AvgIpc) is 3.03. The Morgan fingerprint density at radius 1 is 1.50 bits per heavy atom. The summed E-state index contributed by atoms with van der Waals surface area (Å²) in [5.74, 6) is 1.40. The van der Waals surface area contributed by atoms with Gasteiger partial charge >= 0.3 is 0 Å². The van der Waals surface area contributed by atoms with E-state index in [1.54, 1.807) is 7.11 Å². The number of fused-ring (bicyclic) bond motifs is 1. The number of benzene rings is 1. The molecule has 0 aliphatic carbocycles. The Balaban J connectivity index is 1.97. The Hall–Kier alpha value is -1.33. The number of hydrogen-bond donors (Lipinski definition) is 1. The van der Waals surface area contributed by atoms with Crippen LogP contribution in [0.3, 0.4) is 0 Å². The van der Waals surface area contributed by atoms with E-state index in [1.165, 1.54) is 0 Å². The normalized spacial score (nSPS) is 22.5. The maximum Gasteiger partial charge on any atom is 0.178 e. The molecule has 2 aromatic rings. The van der Waals surface area contributed by atoms with Crippen LogP contribution in [-0.4, -0.2) is 29.4 Å². The molecule has 0 amide bonds. The van der Waals surface area contributed by atoms with Crippen LogP contribution in [0.25, 0.3) is 11.0 Å². The number of aromatic nitrogens is 2. The van der Waals surface area contributed by atoms with E-state index in [9.17, 15) is 0 Å².